The van der Waals surface area contributed by atoms with Crippen molar-refractivity contribution in [2.75, 3.05) is 80.7 Å². The SMILES string of the molecule is C1CCOC1.CCC(=O)CC1CCCCN(C)CCCC[C@H](CC)C1=O.CCC(=O)CN(C)CCCCN(C)CCCCC(NC)C(C)=O. The summed E-state index contributed by atoms with van der Waals surface area (Å²) in [6.45, 7) is 15.6. The monoisotopic (exact) mass is 695 g/mol. The third-order valence-electron chi connectivity index (χ3n) is 9.97. The van der Waals surface area contributed by atoms with Crippen LogP contribution >= 0.6 is 0 Å². The lowest BCUT2D eigenvalue weighted by atomic mass is 9.82. The van der Waals surface area contributed by atoms with Gasteiger partial charge in [-0.25, -0.2) is 0 Å². The number of nitrogens with one attached hydrogen (secondary N) is 1. The van der Waals surface area contributed by atoms with E-state index in [1.807, 2.05) is 27.9 Å². The molecule has 9 heteroatoms. The number of hydrogen-bond donors (Lipinski definition) is 1. The second-order valence-electron chi connectivity index (χ2n) is 14.5. The summed E-state index contributed by atoms with van der Waals surface area (Å²) in [6.07, 6.45) is 17.0. The van der Waals surface area contributed by atoms with Gasteiger partial charge in [-0.15, -0.1) is 0 Å². The Morgan fingerprint density at radius 1 is 0.796 bits per heavy atom. The molecule has 0 radical (unpaired) electrons. The highest BCUT2D eigenvalue weighted by molar-refractivity contribution is 5.89. The van der Waals surface area contributed by atoms with Crippen LogP contribution in [0.1, 0.15) is 137 Å². The number of carbonyl (C=O) groups is 4. The fourth-order valence-electron chi connectivity index (χ4n) is 6.46. The number of likely N-dealkylation sites (N-methyl/N-ethyl adjacent to an activating group) is 2. The van der Waals surface area contributed by atoms with Crippen molar-refractivity contribution < 1.29 is 23.9 Å². The molecule has 2 heterocycles. The lowest BCUT2D eigenvalue weighted by Crippen LogP contribution is -2.32. The predicted molar refractivity (Wildman–Crippen MR) is 204 cm³/mol. The maximum Gasteiger partial charge on any atom is 0.146 e. The molecule has 49 heavy (non-hydrogen) atoms. The summed E-state index contributed by atoms with van der Waals surface area (Å²) in [5.74, 6) is 1.30. The Labute approximate surface area is 302 Å². The van der Waals surface area contributed by atoms with E-state index >= 15 is 0 Å². The highest BCUT2D eigenvalue weighted by Gasteiger charge is 2.27. The number of hydrogen-bond acceptors (Lipinski definition) is 9. The minimum absolute atomic E-state index is 0.0154. The first-order valence-corrected chi connectivity index (χ1v) is 19.9. The standard InChI is InChI=1S/C18H37N3O2.C18H33NO2.C4H8O/c1-6-17(23)15-21(5)14-10-9-13-20(4)12-8-7-11-18(19-3)16(2)22;1-4-15-10-6-8-12-19(3)13-9-7-11-16(18(15)21)14-17(20)5-2;1-2-4-5-3-1/h18-19H,6-15H2,1-5H3;15-16H,4-14H2,1-3H3;1-4H2/t;15-,16?;/m.0./s1. The van der Waals surface area contributed by atoms with Gasteiger partial charge in [0.25, 0.3) is 0 Å². The first-order chi connectivity index (χ1) is 23.5. The molecule has 0 aromatic carbocycles. The normalized spacial score (nSPS) is 20.0. The van der Waals surface area contributed by atoms with Gasteiger partial charge in [-0.2, -0.15) is 0 Å². The Balaban J connectivity index is 0.000000821. The second-order valence-corrected chi connectivity index (χ2v) is 14.5. The summed E-state index contributed by atoms with van der Waals surface area (Å²) in [4.78, 5) is 54.1. The van der Waals surface area contributed by atoms with Gasteiger partial charge < -0.3 is 19.9 Å². The molecule has 0 amide bonds. The van der Waals surface area contributed by atoms with Gasteiger partial charge in [-0.1, -0.05) is 40.0 Å². The predicted octanol–water partition coefficient (Wildman–Crippen LogP) is 6.61. The van der Waals surface area contributed by atoms with Gasteiger partial charge in [-0.3, -0.25) is 24.1 Å². The van der Waals surface area contributed by atoms with Crippen LogP contribution in [0.2, 0.25) is 0 Å². The third-order valence-corrected chi connectivity index (χ3v) is 9.97. The Hall–Kier alpha value is -1.52. The highest BCUT2D eigenvalue weighted by atomic mass is 16.5. The summed E-state index contributed by atoms with van der Waals surface area (Å²) >= 11 is 0. The molecule has 2 unspecified atom stereocenters. The van der Waals surface area contributed by atoms with Crippen LogP contribution in [-0.4, -0.2) is 125 Å². The van der Waals surface area contributed by atoms with Crippen LogP contribution in [-0.2, 0) is 23.9 Å². The quantitative estimate of drug-likeness (QED) is 0.150. The van der Waals surface area contributed by atoms with Gasteiger partial charge in [0, 0.05) is 44.3 Å². The average molecular weight is 695 g/mol. The Bertz CT molecular complexity index is 858. The number of nitrogens with zero attached hydrogens (tertiary/aromatic N) is 3. The van der Waals surface area contributed by atoms with Gasteiger partial charge in [0.15, 0.2) is 0 Å². The van der Waals surface area contributed by atoms with Crippen LogP contribution in [0.25, 0.3) is 0 Å². The molecular formula is C40H78N4O5. The third kappa shape index (κ3) is 26.0. The van der Waals surface area contributed by atoms with E-state index in [1.54, 1.807) is 6.92 Å². The number of ketones is 4. The molecular weight excluding hydrogens is 616 g/mol. The van der Waals surface area contributed by atoms with E-state index in [-0.39, 0.29) is 29.4 Å². The molecule has 1 N–H and O–H groups in total. The zero-order chi connectivity index (χ0) is 36.9. The zero-order valence-corrected chi connectivity index (χ0v) is 33.3. The number of ether oxygens (including phenoxy) is 1. The molecule has 0 spiro atoms. The molecule has 9 nitrogen and oxygen atoms in total. The molecule has 0 aromatic heterocycles. The largest absolute Gasteiger partial charge is 0.381 e. The smallest absolute Gasteiger partial charge is 0.146 e. The molecule has 2 rings (SSSR count). The Morgan fingerprint density at radius 3 is 1.80 bits per heavy atom. The summed E-state index contributed by atoms with van der Waals surface area (Å²) in [5, 5.41) is 3.07. The number of carbonyl (C=O) groups excluding carboxylic acids is 4. The van der Waals surface area contributed by atoms with E-state index < -0.39 is 0 Å². The topological polar surface area (TPSA) is 99.3 Å². The molecule has 2 saturated heterocycles. The van der Waals surface area contributed by atoms with Crippen molar-refractivity contribution in [1.29, 1.82) is 0 Å². The van der Waals surface area contributed by atoms with Gasteiger partial charge in [0.1, 0.15) is 23.1 Å². The second kappa shape index (κ2) is 31.2. The van der Waals surface area contributed by atoms with E-state index in [9.17, 15) is 19.2 Å². The van der Waals surface area contributed by atoms with Crippen molar-refractivity contribution in [1.82, 2.24) is 20.0 Å². The minimum atomic E-state index is -0.0212. The molecule has 2 fully saturated rings. The first-order valence-electron chi connectivity index (χ1n) is 19.9. The van der Waals surface area contributed by atoms with Gasteiger partial charge in [-0.05, 0) is 138 Å². The van der Waals surface area contributed by atoms with Crippen molar-refractivity contribution in [2.45, 2.75) is 143 Å². The van der Waals surface area contributed by atoms with Crippen LogP contribution in [0.4, 0.5) is 0 Å². The maximum absolute atomic E-state index is 12.7. The average Bonchev–Trinajstić information content (AvgIpc) is 3.68. The molecule has 288 valence electrons. The summed E-state index contributed by atoms with van der Waals surface area (Å²) in [6, 6.07) is 0.0154. The minimum Gasteiger partial charge on any atom is -0.381 e. The van der Waals surface area contributed by atoms with E-state index in [0.717, 1.165) is 117 Å². The highest BCUT2D eigenvalue weighted by Crippen LogP contribution is 2.25. The molecule has 0 aliphatic carbocycles. The summed E-state index contributed by atoms with van der Waals surface area (Å²) < 4.78 is 4.94. The van der Waals surface area contributed by atoms with Crippen molar-refractivity contribution in [3.63, 3.8) is 0 Å². The molecule has 0 saturated carbocycles. The molecule has 3 atom stereocenters. The van der Waals surface area contributed by atoms with Crippen LogP contribution < -0.4 is 5.32 Å². The molecule has 2 aliphatic heterocycles. The molecule has 0 bridgehead atoms. The Kier molecular flexibility index (Phi) is 30.3. The fraction of sp³-hybridized carbons (Fsp3) is 0.900. The summed E-state index contributed by atoms with van der Waals surface area (Å²) in [5.41, 5.74) is 0. The van der Waals surface area contributed by atoms with Crippen LogP contribution in [0.15, 0.2) is 0 Å². The van der Waals surface area contributed by atoms with Crippen LogP contribution in [0.5, 0.6) is 0 Å². The maximum atomic E-state index is 12.7. The van der Waals surface area contributed by atoms with E-state index in [2.05, 4.69) is 41.0 Å². The number of rotatable bonds is 19. The van der Waals surface area contributed by atoms with Crippen molar-refractivity contribution in [3.8, 4) is 0 Å². The van der Waals surface area contributed by atoms with Crippen LogP contribution in [0.3, 0.4) is 0 Å². The fourth-order valence-corrected chi connectivity index (χ4v) is 6.46. The lowest BCUT2D eigenvalue weighted by molar-refractivity contribution is -0.131. The van der Waals surface area contributed by atoms with E-state index in [0.29, 0.717) is 37.4 Å². The number of Topliss-reactive ketones (excluding diaryl/α,β-unsaturated/α-hetero) is 4. The van der Waals surface area contributed by atoms with Crippen molar-refractivity contribution in [2.24, 2.45) is 11.8 Å². The van der Waals surface area contributed by atoms with Crippen molar-refractivity contribution >= 4 is 23.1 Å². The van der Waals surface area contributed by atoms with Gasteiger partial charge in [0.05, 0.1) is 12.6 Å². The van der Waals surface area contributed by atoms with Gasteiger partial charge in [0.2, 0.25) is 0 Å². The van der Waals surface area contributed by atoms with E-state index in [4.69, 9.17) is 4.74 Å². The molecule has 2 aliphatic rings. The van der Waals surface area contributed by atoms with Crippen molar-refractivity contribution in [3.05, 3.63) is 0 Å². The molecule has 0 aromatic rings. The number of unbranched alkanes of at least 4 members (excludes halogenated alkanes) is 2. The summed E-state index contributed by atoms with van der Waals surface area (Å²) in [7, 11) is 8.21. The first kappa shape index (κ1) is 47.5. The Morgan fingerprint density at radius 2 is 1.33 bits per heavy atom. The lowest BCUT2D eigenvalue weighted by Gasteiger charge is -2.24. The van der Waals surface area contributed by atoms with Crippen LogP contribution in [0, 0.1) is 11.8 Å². The van der Waals surface area contributed by atoms with Gasteiger partial charge >= 0.3 is 0 Å². The van der Waals surface area contributed by atoms with E-state index in [1.165, 1.54) is 19.3 Å². The zero-order valence-electron chi connectivity index (χ0n) is 33.3.